The van der Waals surface area contributed by atoms with Crippen molar-refractivity contribution in [3.05, 3.63) is 30.3 Å². The minimum atomic E-state index is 0.357. The third-order valence-electron chi connectivity index (χ3n) is 3.45. The van der Waals surface area contributed by atoms with E-state index in [4.69, 9.17) is 17.0 Å². The van der Waals surface area contributed by atoms with Gasteiger partial charge in [-0.15, -0.1) is 0 Å². The van der Waals surface area contributed by atoms with Crippen LogP contribution in [0.1, 0.15) is 19.3 Å². The Kier molecular flexibility index (Phi) is 2.99. The topological polar surface area (TPSA) is 33.3 Å². The maximum atomic E-state index is 5.79. The molecule has 3 rings (SSSR count). The van der Waals surface area contributed by atoms with Gasteiger partial charge in [0.25, 0.3) is 0 Å². The second kappa shape index (κ2) is 4.63. The van der Waals surface area contributed by atoms with Crippen LogP contribution in [-0.2, 0) is 4.74 Å². The van der Waals surface area contributed by atoms with E-state index in [1.807, 2.05) is 30.3 Å². The van der Waals surface area contributed by atoms with Crippen molar-refractivity contribution in [2.75, 3.05) is 5.32 Å². The minimum Gasteiger partial charge on any atom is -0.373 e. The van der Waals surface area contributed by atoms with Crippen LogP contribution in [0.4, 0.5) is 5.69 Å². The van der Waals surface area contributed by atoms with E-state index in [-0.39, 0.29) is 0 Å². The van der Waals surface area contributed by atoms with Crippen LogP contribution in [-0.4, -0.2) is 23.4 Å². The van der Waals surface area contributed by atoms with E-state index in [1.165, 1.54) is 6.42 Å². The maximum Gasteiger partial charge on any atom is 0.171 e. The summed E-state index contributed by atoms with van der Waals surface area (Å²) in [4.78, 5) is 0. The molecule has 2 saturated heterocycles. The summed E-state index contributed by atoms with van der Waals surface area (Å²) in [5, 5.41) is 7.24. The third kappa shape index (κ3) is 2.42. The fourth-order valence-corrected chi connectivity index (χ4v) is 2.92. The van der Waals surface area contributed by atoms with Crippen molar-refractivity contribution >= 4 is 23.0 Å². The van der Waals surface area contributed by atoms with Gasteiger partial charge in [0.05, 0.1) is 18.2 Å². The predicted octanol–water partition coefficient (Wildman–Crippen LogP) is 2.29. The molecule has 1 aromatic rings. The van der Waals surface area contributed by atoms with Gasteiger partial charge >= 0.3 is 0 Å². The number of para-hydroxylation sites is 1. The van der Waals surface area contributed by atoms with E-state index < -0.39 is 0 Å². The fourth-order valence-electron chi connectivity index (χ4n) is 2.65. The van der Waals surface area contributed by atoms with Crippen molar-refractivity contribution in [3.63, 3.8) is 0 Å². The average molecular weight is 248 g/mol. The Labute approximate surface area is 107 Å². The monoisotopic (exact) mass is 248 g/mol. The number of hydrogen-bond donors (Lipinski definition) is 2. The third-order valence-corrected chi connectivity index (χ3v) is 3.67. The molecule has 3 unspecified atom stereocenters. The zero-order valence-electron chi connectivity index (χ0n) is 9.56. The molecular weight excluding hydrogens is 232 g/mol. The molecule has 0 spiro atoms. The van der Waals surface area contributed by atoms with Crippen molar-refractivity contribution in [2.24, 2.45) is 0 Å². The van der Waals surface area contributed by atoms with Crippen LogP contribution in [0.3, 0.4) is 0 Å². The molecule has 17 heavy (non-hydrogen) atoms. The van der Waals surface area contributed by atoms with E-state index in [9.17, 15) is 0 Å². The normalized spacial score (nSPS) is 30.2. The van der Waals surface area contributed by atoms with Crippen LogP contribution in [0, 0.1) is 0 Å². The van der Waals surface area contributed by atoms with Gasteiger partial charge in [-0.1, -0.05) is 18.2 Å². The molecule has 2 heterocycles. The van der Waals surface area contributed by atoms with Gasteiger partial charge in [0, 0.05) is 5.69 Å². The predicted molar refractivity (Wildman–Crippen MR) is 72.1 cm³/mol. The molecule has 2 N–H and O–H groups in total. The first-order valence-corrected chi connectivity index (χ1v) is 6.50. The summed E-state index contributed by atoms with van der Waals surface area (Å²) in [5.41, 5.74) is 1.02. The summed E-state index contributed by atoms with van der Waals surface area (Å²) >= 11 is 5.31. The summed E-state index contributed by atoms with van der Waals surface area (Å²) in [7, 11) is 0. The van der Waals surface area contributed by atoms with Gasteiger partial charge in [-0.05, 0) is 43.6 Å². The highest BCUT2D eigenvalue weighted by Crippen LogP contribution is 2.34. The van der Waals surface area contributed by atoms with Gasteiger partial charge in [0.15, 0.2) is 5.11 Å². The summed E-state index contributed by atoms with van der Waals surface area (Å²) in [6.07, 6.45) is 4.27. The van der Waals surface area contributed by atoms with Crippen LogP contribution < -0.4 is 10.6 Å². The molecule has 0 saturated carbocycles. The highest BCUT2D eigenvalue weighted by atomic mass is 32.1. The molecule has 0 aliphatic carbocycles. The lowest BCUT2D eigenvalue weighted by molar-refractivity contribution is 0.0994. The Balaban J connectivity index is 1.54. The van der Waals surface area contributed by atoms with Crippen molar-refractivity contribution < 1.29 is 4.74 Å². The van der Waals surface area contributed by atoms with Gasteiger partial charge in [-0.2, -0.15) is 0 Å². The Hall–Kier alpha value is -1.13. The Morgan fingerprint density at radius 3 is 2.71 bits per heavy atom. The highest BCUT2D eigenvalue weighted by Gasteiger charge is 2.40. The van der Waals surface area contributed by atoms with Gasteiger partial charge in [-0.25, -0.2) is 0 Å². The molecule has 90 valence electrons. The molecule has 0 amide bonds. The number of rotatable bonds is 2. The lowest BCUT2D eigenvalue weighted by atomic mass is 9.96. The van der Waals surface area contributed by atoms with Crippen LogP contribution in [0.25, 0.3) is 0 Å². The van der Waals surface area contributed by atoms with E-state index in [0.29, 0.717) is 23.4 Å². The number of benzene rings is 1. The molecule has 0 radical (unpaired) electrons. The first-order chi connectivity index (χ1) is 8.31. The molecular formula is C13H16N2OS. The van der Waals surface area contributed by atoms with Gasteiger partial charge in [0.2, 0.25) is 0 Å². The number of ether oxygens (including phenoxy) is 1. The first kappa shape index (κ1) is 11.0. The minimum absolute atomic E-state index is 0.357. The smallest absolute Gasteiger partial charge is 0.171 e. The van der Waals surface area contributed by atoms with Crippen molar-refractivity contribution in [2.45, 2.75) is 37.5 Å². The fraction of sp³-hybridized carbons (Fsp3) is 0.462. The number of anilines is 1. The molecule has 3 nitrogen and oxygen atoms in total. The molecule has 4 heteroatoms. The zero-order chi connectivity index (χ0) is 11.7. The van der Waals surface area contributed by atoms with E-state index in [1.54, 1.807) is 0 Å². The van der Waals surface area contributed by atoms with Crippen molar-refractivity contribution in [3.8, 4) is 0 Å². The second-order valence-corrected chi connectivity index (χ2v) is 5.09. The average Bonchev–Trinajstić information content (AvgIpc) is 2.92. The Morgan fingerprint density at radius 1 is 1.24 bits per heavy atom. The summed E-state index contributed by atoms with van der Waals surface area (Å²) in [5.74, 6) is 0. The van der Waals surface area contributed by atoms with E-state index >= 15 is 0 Å². The van der Waals surface area contributed by atoms with Crippen LogP contribution in [0.15, 0.2) is 30.3 Å². The number of fused-ring (bicyclic) bond motifs is 2. The maximum absolute atomic E-state index is 5.79. The SMILES string of the molecule is S=C(Nc1ccccc1)NC1CC2CCC1O2. The summed E-state index contributed by atoms with van der Waals surface area (Å²) in [6.45, 7) is 0. The molecule has 0 aromatic heterocycles. The molecule has 2 bridgehead atoms. The largest absolute Gasteiger partial charge is 0.373 e. The van der Waals surface area contributed by atoms with Gasteiger partial charge in [0.1, 0.15) is 0 Å². The van der Waals surface area contributed by atoms with Crippen molar-refractivity contribution in [1.29, 1.82) is 0 Å². The number of thiocarbonyl (C=S) groups is 1. The lowest BCUT2D eigenvalue weighted by Crippen LogP contribution is -2.43. The lowest BCUT2D eigenvalue weighted by Gasteiger charge is -2.22. The van der Waals surface area contributed by atoms with Crippen LogP contribution >= 0.6 is 12.2 Å². The van der Waals surface area contributed by atoms with Crippen LogP contribution in [0.2, 0.25) is 0 Å². The number of nitrogens with one attached hydrogen (secondary N) is 2. The van der Waals surface area contributed by atoms with E-state index in [2.05, 4.69) is 10.6 Å². The molecule has 2 aliphatic heterocycles. The first-order valence-electron chi connectivity index (χ1n) is 6.09. The molecule has 2 fully saturated rings. The van der Waals surface area contributed by atoms with Gasteiger partial charge < -0.3 is 15.4 Å². The zero-order valence-corrected chi connectivity index (χ0v) is 10.4. The summed E-state index contributed by atoms with van der Waals surface area (Å²) in [6, 6.07) is 10.4. The van der Waals surface area contributed by atoms with Crippen LogP contribution in [0.5, 0.6) is 0 Å². The quantitative estimate of drug-likeness (QED) is 0.787. The molecule has 2 aliphatic rings. The summed E-state index contributed by atoms with van der Waals surface area (Å²) < 4.78 is 5.79. The Bertz CT molecular complexity index is 409. The highest BCUT2D eigenvalue weighted by molar-refractivity contribution is 7.80. The second-order valence-electron chi connectivity index (χ2n) is 4.68. The Morgan fingerprint density at radius 2 is 2.06 bits per heavy atom. The van der Waals surface area contributed by atoms with E-state index in [0.717, 1.165) is 18.5 Å². The standard InChI is InChI=1S/C13H16N2OS/c17-13(14-9-4-2-1-3-5-9)15-11-8-10-6-7-12(11)16-10/h1-5,10-12H,6-8H2,(H2,14,15,17). The number of hydrogen-bond acceptors (Lipinski definition) is 2. The van der Waals surface area contributed by atoms with Crippen molar-refractivity contribution in [1.82, 2.24) is 5.32 Å². The molecule has 3 atom stereocenters. The van der Waals surface area contributed by atoms with Gasteiger partial charge in [-0.3, -0.25) is 0 Å². The molecule has 1 aromatic carbocycles.